The molecule has 0 spiro atoms. The summed E-state index contributed by atoms with van der Waals surface area (Å²) in [5.74, 6) is 1.03. The molecule has 0 unspecified atom stereocenters. The first kappa shape index (κ1) is 22.0. The molecule has 0 bridgehead atoms. The van der Waals surface area contributed by atoms with Gasteiger partial charge in [-0.25, -0.2) is 14.4 Å². The van der Waals surface area contributed by atoms with Crippen LogP contribution in [0.25, 0.3) is 0 Å². The predicted octanol–water partition coefficient (Wildman–Crippen LogP) is 4.90. The number of amides is 1. The summed E-state index contributed by atoms with van der Waals surface area (Å²) in [5, 5.41) is 2.98. The number of hydrogen-bond donors (Lipinski definition) is 1. The van der Waals surface area contributed by atoms with E-state index in [9.17, 15) is 9.18 Å². The van der Waals surface area contributed by atoms with Crippen molar-refractivity contribution < 1.29 is 13.9 Å². The molecule has 6 nitrogen and oxygen atoms in total. The maximum atomic E-state index is 13.3. The lowest BCUT2D eigenvalue weighted by atomic mass is 9.97. The Morgan fingerprint density at radius 1 is 1.25 bits per heavy atom. The fourth-order valence-electron chi connectivity index (χ4n) is 3.75. The first-order valence-corrected chi connectivity index (χ1v) is 10.9. The smallest absolute Gasteiger partial charge is 0.263 e. The molecule has 166 valence electrons. The van der Waals surface area contributed by atoms with Gasteiger partial charge >= 0.3 is 0 Å². The summed E-state index contributed by atoms with van der Waals surface area (Å²) in [7, 11) is 0. The van der Waals surface area contributed by atoms with E-state index in [2.05, 4.69) is 15.3 Å². The molecule has 0 aliphatic carbocycles. The van der Waals surface area contributed by atoms with Crippen LogP contribution in [0.1, 0.15) is 24.0 Å². The minimum atomic E-state index is -0.475. The van der Waals surface area contributed by atoms with E-state index in [1.165, 1.54) is 12.1 Å². The number of halogens is 2. The quantitative estimate of drug-likeness (QED) is 0.573. The maximum absolute atomic E-state index is 13.3. The zero-order valence-electron chi connectivity index (χ0n) is 17.7. The van der Waals surface area contributed by atoms with Gasteiger partial charge in [-0.2, -0.15) is 0 Å². The van der Waals surface area contributed by atoms with Crippen LogP contribution < -0.4 is 15.0 Å². The van der Waals surface area contributed by atoms with Gasteiger partial charge in [0.15, 0.2) is 5.82 Å². The minimum absolute atomic E-state index is 0.0458. The maximum Gasteiger partial charge on any atom is 0.263 e. The van der Waals surface area contributed by atoms with Gasteiger partial charge in [-0.3, -0.25) is 4.79 Å². The van der Waals surface area contributed by atoms with Gasteiger partial charge in [0, 0.05) is 32.0 Å². The van der Waals surface area contributed by atoms with Crippen LogP contribution in [0.5, 0.6) is 11.6 Å². The lowest BCUT2D eigenvalue weighted by molar-refractivity contribution is -0.125. The molecule has 32 heavy (non-hydrogen) atoms. The highest BCUT2D eigenvalue weighted by Crippen LogP contribution is 2.32. The van der Waals surface area contributed by atoms with Gasteiger partial charge in [0.25, 0.3) is 5.88 Å². The highest BCUT2D eigenvalue weighted by molar-refractivity contribution is 6.30. The van der Waals surface area contributed by atoms with E-state index < -0.39 is 5.82 Å². The van der Waals surface area contributed by atoms with Gasteiger partial charge in [-0.1, -0.05) is 35.9 Å². The number of rotatable bonds is 6. The Bertz CT molecular complexity index is 1110. The molecule has 1 aliphatic heterocycles. The van der Waals surface area contributed by atoms with Crippen LogP contribution in [0.3, 0.4) is 0 Å². The number of ether oxygens (including phenoxy) is 1. The molecule has 8 heteroatoms. The molecule has 4 rings (SSSR count). The fraction of sp³-hybridized carbons (Fsp3) is 0.292. The topological polar surface area (TPSA) is 67.4 Å². The molecule has 1 N–H and O–H groups in total. The second-order valence-electron chi connectivity index (χ2n) is 7.80. The number of nitrogens with zero attached hydrogens (tertiary/aromatic N) is 3. The molecular weight excluding hydrogens is 431 g/mol. The van der Waals surface area contributed by atoms with Crippen LogP contribution in [0.15, 0.2) is 54.9 Å². The summed E-state index contributed by atoms with van der Waals surface area (Å²) in [6.45, 7) is 3.54. The SMILES string of the molecule is Cc1ccccc1Oc1nccnc1N1CCC[C@@H](C(=O)NCc2ccc(F)c(Cl)c2)C1. The summed E-state index contributed by atoms with van der Waals surface area (Å²) in [6.07, 6.45) is 4.85. The van der Waals surface area contributed by atoms with Gasteiger partial charge in [0.1, 0.15) is 11.6 Å². The van der Waals surface area contributed by atoms with Gasteiger partial charge in [0.2, 0.25) is 5.91 Å². The molecular formula is C24H24ClFN4O2. The van der Waals surface area contributed by atoms with Crippen molar-refractivity contribution in [2.75, 3.05) is 18.0 Å². The van der Waals surface area contributed by atoms with Gasteiger partial charge in [-0.15, -0.1) is 0 Å². The highest BCUT2D eigenvalue weighted by Gasteiger charge is 2.28. The standard InChI is InChI=1S/C24H24ClFN4O2/c1-16-5-2-3-7-21(16)32-24-22(27-10-11-28-24)30-12-4-6-18(15-30)23(31)29-14-17-8-9-20(26)19(25)13-17/h2-3,5,7-11,13,18H,4,6,12,14-15H2,1H3,(H,29,31)/t18-/m1/s1. The van der Waals surface area contributed by atoms with Crippen molar-refractivity contribution in [3.8, 4) is 11.6 Å². The molecule has 1 aromatic heterocycles. The average molecular weight is 455 g/mol. The number of para-hydroxylation sites is 1. The third-order valence-electron chi connectivity index (χ3n) is 5.49. The molecule has 2 aromatic carbocycles. The van der Waals surface area contributed by atoms with Crippen molar-refractivity contribution in [2.24, 2.45) is 5.92 Å². The van der Waals surface area contributed by atoms with E-state index in [1.54, 1.807) is 18.5 Å². The molecule has 3 aromatic rings. The molecule has 0 saturated carbocycles. The van der Waals surface area contributed by atoms with Crippen LogP contribution >= 0.6 is 11.6 Å². The van der Waals surface area contributed by atoms with Crippen LogP contribution in [0.4, 0.5) is 10.2 Å². The predicted molar refractivity (Wildman–Crippen MR) is 121 cm³/mol. The Labute approximate surface area is 191 Å². The number of nitrogens with one attached hydrogen (secondary N) is 1. The van der Waals surface area contributed by atoms with Crippen LogP contribution in [-0.4, -0.2) is 29.0 Å². The molecule has 1 aliphatic rings. The zero-order chi connectivity index (χ0) is 22.5. The Morgan fingerprint density at radius 2 is 2.06 bits per heavy atom. The van der Waals surface area contributed by atoms with E-state index in [4.69, 9.17) is 16.3 Å². The Kier molecular flexibility index (Phi) is 6.85. The number of carbonyl (C=O) groups excluding carboxylic acids is 1. The van der Waals surface area contributed by atoms with Gasteiger partial charge in [0.05, 0.1) is 10.9 Å². The molecule has 1 fully saturated rings. The summed E-state index contributed by atoms with van der Waals surface area (Å²) in [4.78, 5) is 23.7. The highest BCUT2D eigenvalue weighted by atomic mass is 35.5. The molecule has 2 heterocycles. The molecule has 1 atom stereocenters. The lowest BCUT2D eigenvalue weighted by Crippen LogP contribution is -2.43. The van der Waals surface area contributed by atoms with Crippen molar-refractivity contribution in [2.45, 2.75) is 26.3 Å². The number of aryl methyl sites for hydroxylation is 1. The zero-order valence-corrected chi connectivity index (χ0v) is 18.5. The Hall–Kier alpha value is -3.19. The number of anilines is 1. The normalized spacial score (nSPS) is 16.0. The number of aromatic nitrogens is 2. The molecule has 1 saturated heterocycles. The van der Waals surface area contributed by atoms with E-state index >= 15 is 0 Å². The van der Waals surface area contributed by atoms with Crippen LogP contribution in [-0.2, 0) is 11.3 Å². The Morgan fingerprint density at radius 3 is 2.88 bits per heavy atom. The van der Waals surface area contributed by atoms with E-state index in [0.29, 0.717) is 24.8 Å². The lowest BCUT2D eigenvalue weighted by Gasteiger charge is -2.33. The van der Waals surface area contributed by atoms with Crippen LogP contribution in [0.2, 0.25) is 5.02 Å². The second kappa shape index (κ2) is 9.96. The molecule has 1 amide bonds. The van der Waals surface area contributed by atoms with E-state index in [1.807, 2.05) is 36.1 Å². The second-order valence-corrected chi connectivity index (χ2v) is 8.21. The summed E-state index contributed by atoms with van der Waals surface area (Å²) in [5.41, 5.74) is 1.75. The van der Waals surface area contributed by atoms with E-state index in [0.717, 1.165) is 36.3 Å². The van der Waals surface area contributed by atoms with Crippen molar-refractivity contribution in [3.05, 3.63) is 76.8 Å². The van der Waals surface area contributed by atoms with Gasteiger partial charge < -0.3 is 15.0 Å². The number of benzene rings is 2. The first-order chi connectivity index (χ1) is 15.5. The first-order valence-electron chi connectivity index (χ1n) is 10.5. The summed E-state index contributed by atoms with van der Waals surface area (Å²) >= 11 is 5.83. The average Bonchev–Trinajstić information content (AvgIpc) is 2.81. The van der Waals surface area contributed by atoms with Gasteiger partial charge in [-0.05, 0) is 49.1 Å². The largest absolute Gasteiger partial charge is 0.436 e. The third kappa shape index (κ3) is 5.16. The minimum Gasteiger partial charge on any atom is -0.436 e. The number of piperidine rings is 1. The Balaban J connectivity index is 1.43. The van der Waals surface area contributed by atoms with Crippen molar-refractivity contribution in [1.82, 2.24) is 15.3 Å². The van der Waals surface area contributed by atoms with Crippen molar-refractivity contribution in [3.63, 3.8) is 0 Å². The number of hydrogen-bond acceptors (Lipinski definition) is 5. The van der Waals surface area contributed by atoms with E-state index in [-0.39, 0.29) is 16.8 Å². The fourth-order valence-corrected chi connectivity index (χ4v) is 3.95. The van der Waals surface area contributed by atoms with Crippen molar-refractivity contribution >= 4 is 23.3 Å². The third-order valence-corrected chi connectivity index (χ3v) is 5.78. The van der Waals surface area contributed by atoms with Crippen LogP contribution in [0, 0.1) is 18.7 Å². The summed E-state index contributed by atoms with van der Waals surface area (Å²) in [6, 6.07) is 12.2. The van der Waals surface area contributed by atoms with Crippen molar-refractivity contribution in [1.29, 1.82) is 0 Å². The monoisotopic (exact) mass is 454 g/mol. The number of carbonyl (C=O) groups is 1. The molecule has 0 radical (unpaired) electrons. The summed E-state index contributed by atoms with van der Waals surface area (Å²) < 4.78 is 19.4.